The van der Waals surface area contributed by atoms with Crippen molar-refractivity contribution in [2.45, 2.75) is 32.2 Å². The standard InChI is InChI=1S/C14H16N4O/c1-2-12-16-13(18-17-12)14(19)15-11-8-7-9-5-3-4-6-10(9)11/h3-6,11H,2,7-8H2,1H3,(H,15,19)(H,16,17,18). The topological polar surface area (TPSA) is 70.7 Å². The number of hydrogen-bond acceptors (Lipinski definition) is 3. The van der Waals surface area contributed by atoms with E-state index < -0.39 is 0 Å². The first-order valence-electron chi connectivity index (χ1n) is 6.58. The number of fused-ring (bicyclic) bond motifs is 1. The van der Waals surface area contributed by atoms with Crippen molar-refractivity contribution in [2.24, 2.45) is 0 Å². The Morgan fingerprint density at radius 3 is 3.11 bits per heavy atom. The number of hydrogen-bond donors (Lipinski definition) is 2. The third-order valence-electron chi connectivity index (χ3n) is 3.51. The Bertz CT molecular complexity index is 605. The molecule has 0 spiro atoms. The van der Waals surface area contributed by atoms with Crippen molar-refractivity contribution in [3.8, 4) is 0 Å². The summed E-state index contributed by atoms with van der Waals surface area (Å²) in [5, 5.41) is 9.70. The highest BCUT2D eigenvalue weighted by atomic mass is 16.2. The van der Waals surface area contributed by atoms with Crippen LogP contribution in [-0.4, -0.2) is 21.1 Å². The molecule has 1 aromatic carbocycles. The lowest BCUT2D eigenvalue weighted by molar-refractivity contribution is 0.0926. The van der Waals surface area contributed by atoms with Crippen molar-refractivity contribution < 1.29 is 4.79 Å². The number of aromatic amines is 1. The molecule has 1 aromatic heterocycles. The number of carbonyl (C=O) groups excluding carboxylic acids is 1. The third-order valence-corrected chi connectivity index (χ3v) is 3.51. The Morgan fingerprint density at radius 1 is 1.47 bits per heavy atom. The number of nitrogens with zero attached hydrogens (tertiary/aromatic N) is 2. The van der Waals surface area contributed by atoms with Crippen LogP contribution in [0.15, 0.2) is 24.3 Å². The predicted molar refractivity (Wildman–Crippen MR) is 70.7 cm³/mol. The second kappa shape index (κ2) is 4.84. The van der Waals surface area contributed by atoms with E-state index in [2.05, 4.69) is 32.6 Å². The van der Waals surface area contributed by atoms with Crippen LogP contribution in [-0.2, 0) is 12.8 Å². The normalized spacial score (nSPS) is 17.2. The molecule has 1 heterocycles. The molecule has 1 atom stereocenters. The number of aromatic nitrogens is 3. The van der Waals surface area contributed by atoms with Crippen molar-refractivity contribution in [3.05, 3.63) is 47.0 Å². The number of amides is 1. The van der Waals surface area contributed by atoms with Gasteiger partial charge < -0.3 is 5.32 Å². The van der Waals surface area contributed by atoms with Crippen LogP contribution in [0.4, 0.5) is 0 Å². The van der Waals surface area contributed by atoms with E-state index in [-0.39, 0.29) is 17.8 Å². The minimum absolute atomic E-state index is 0.0762. The van der Waals surface area contributed by atoms with Gasteiger partial charge in [-0.25, -0.2) is 4.98 Å². The number of aryl methyl sites for hydroxylation is 2. The van der Waals surface area contributed by atoms with Crippen LogP contribution in [0, 0.1) is 0 Å². The van der Waals surface area contributed by atoms with E-state index in [4.69, 9.17) is 0 Å². The van der Waals surface area contributed by atoms with Crippen molar-refractivity contribution in [1.82, 2.24) is 20.5 Å². The minimum atomic E-state index is -0.211. The van der Waals surface area contributed by atoms with E-state index in [1.54, 1.807) is 0 Å². The summed E-state index contributed by atoms with van der Waals surface area (Å²) in [5.74, 6) is 0.746. The highest BCUT2D eigenvalue weighted by Gasteiger charge is 2.25. The van der Waals surface area contributed by atoms with E-state index in [1.165, 1.54) is 11.1 Å². The maximum atomic E-state index is 12.1. The first-order chi connectivity index (χ1) is 9.28. The van der Waals surface area contributed by atoms with Crippen LogP contribution >= 0.6 is 0 Å². The van der Waals surface area contributed by atoms with Gasteiger partial charge in [-0.15, -0.1) is 5.10 Å². The molecule has 1 aliphatic carbocycles. The molecule has 19 heavy (non-hydrogen) atoms. The molecule has 2 N–H and O–H groups in total. The van der Waals surface area contributed by atoms with Gasteiger partial charge in [0, 0.05) is 6.42 Å². The molecular formula is C14H16N4O. The summed E-state index contributed by atoms with van der Waals surface area (Å²) in [4.78, 5) is 16.2. The lowest BCUT2D eigenvalue weighted by Gasteiger charge is -2.12. The molecule has 0 bridgehead atoms. The van der Waals surface area contributed by atoms with Gasteiger partial charge in [-0.05, 0) is 24.0 Å². The highest BCUT2D eigenvalue weighted by molar-refractivity contribution is 5.90. The lowest BCUT2D eigenvalue weighted by Crippen LogP contribution is -2.28. The fraction of sp³-hybridized carbons (Fsp3) is 0.357. The molecule has 3 rings (SSSR count). The molecule has 0 saturated heterocycles. The first kappa shape index (κ1) is 11.9. The highest BCUT2D eigenvalue weighted by Crippen LogP contribution is 2.30. The third kappa shape index (κ3) is 2.23. The molecule has 1 amide bonds. The molecule has 5 nitrogen and oxygen atoms in total. The number of benzene rings is 1. The van der Waals surface area contributed by atoms with Crippen molar-refractivity contribution in [3.63, 3.8) is 0 Å². The summed E-state index contributed by atoms with van der Waals surface area (Å²) >= 11 is 0. The molecule has 1 aliphatic rings. The van der Waals surface area contributed by atoms with Crippen LogP contribution < -0.4 is 5.32 Å². The van der Waals surface area contributed by atoms with Gasteiger partial charge in [0.1, 0.15) is 5.82 Å². The zero-order chi connectivity index (χ0) is 13.2. The van der Waals surface area contributed by atoms with Crippen molar-refractivity contribution >= 4 is 5.91 Å². The summed E-state index contributed by atoms with van der Waals surface area (Å²) in [6.45, 7) is 1.97. The average molecular weight is 256 g/mol. The number of rotatable bonds is 3. The second-order valence-corrected chi connectivity index (χ2v) is 4.72. The Hall–Kier alpha value is -2.17. The largest absolute Gasteiger partial charge is 0.342 e. The molecule has 5 heteroatoms. The smallest absolute Gasteiger partial charge is 0.291 e. The van der Waals surface area contributed by atoms with Gasteiger partial charge in [-0.1, -0.05) is 31.2 Å². The predicted octanol–water partition coefficient (Wildman–Crippen LogP) is 1.78. The maximum Gasteiger partial charge on any atom is 0.291 e. The molecule has 98 valence electrons. The lowest BCUT2D eigenvalue weighted by atomic mass is 10.1. The monoisotopic (exact) mass is 256 g/mol. The van der Waals surface area contributed by atoms with Crippen LogP contribution in [0.2, 0.25) is 0 Å². The summed E-state index contributed by atoms with van der Waals surface area (Å²) in [7, 11) is 0. The van der Waals surface area contributed by atoms with E-state index in [0.717, 1.165) is 25.1 Å². The number of nitrogens with one attached hydrogen (secondary N) is 2. The fourth-order valence-corrected chi connectivity index (χ4v) is 2.48. The molecule has 0 radical (unpaired) electrons. The van der Waals surface area contributed by atoms with Crippen LogP contribution in [0.3, 0.4) is 0 Å². The van der Waals surface area contributed by atoms with Crippen LogP contribution in [0.1, 0.15) is 47.0 Å². The van der Waals surface area contributed by atoms with E-state index in [0.29, 0.717) is 0 Å². The molecule has 0 aliphatic heterocycles. The Kier molecular flexibility index (Phi) is 3.03. The molecular weight excluding hydrogens is 240 g/mol. The summed E-state index contributed by atoms with van der Waals surface area (Å²) in [6, 6.07) is 8.30. The van der Waals surface area contributed by atoms with Gasteiger partial charge in [0.2, 0.25) is 5.82 Å². The van der Waals surface area contributed by atoms with E-state index in [1.807, 2.05) is 19.1 Å². The zero-order valence-corrected chi connectivity index (χ0v) is 10.8. The first-order valence-corrected chi connectivity index (χ1v) is 6.58. The number of carbonyl (C=O) groups is 1. The van der Waals surface area contributed by atoms with Crippen LogP contribution in [0.25, 0.3) is 0 Å². The van der Waals surface area contributed by atoms with E-state index in [9.17, 15) is 4.79 Å². The van der Waals surface area contributed by atoms with E-state index >= 15 is 0 Å². The number of H-pyrrole nitrogens is 1. The van der Waals surface area contributed by atoms with Crippen molar-refractivity contribution in [2.75, 3.05) is 0 Å². The molecule has 1 unspecified atom stereocenters. The minimum Gasteiger partial charge on any atom is -0.342 e. The SMILES string of the molecule is CCc1nc(C(=O)NC2CCc3ccccc32)n[nH]1. The Morgan fingerprint density at radius 2 is 2.32 bits per heavy atom. The van der Waals surface area contributed by atoms with Gasteiger partial charge in [0.15, 0.2) is 0 Å². The Balaban J connectivity index is 1.74. The summed E-state index contributed by atoms with van der Waals surface area (Å²) < 4.78 is 0. The van der Waals surface area contributed by atoms with Gasteiger partial charge >= 0.3 is 0 Å². The maximum absolute atomic E-state index is 12.1. The van der Waals surface area contributed by atoms with Crippen molar-refractivity contribution in [1.29, 1.82) is 0 Å². The Labute approximate surface area is 111 Å². The second-order valence-electron chi connectivity index (χ2n) is 4.72. The summed E-state index contributed by atoms with van der Waals surface area (Å²) in [5.41, 5.74) is 2.53. The van der Waals surface area contributed by atoms with Gasteiger partial charge in [-0.3, -0.25) is 9.89 Å². The average Bonchev–Trinajstić information content (AvgIpc) is 3.06. The summed E-state index contributed by atoms with van der Waals surface area (Å²) in [6.07, 6.45) is 2.69. The van der Waals surface area contributed by atoms with Gasteiger partial charge in [-0.2, -0.15) is 0 Å². The zero-order valence-electron chi connectivity index (χ0n) is 10.8. The van der Waals surface area contributed by atoms with Crippen LogP contribution in [0.5, 0.6) is 0 Å². The molecule has 2 aromatic rings. The molecule has 0 saturated carbocycles. The van der Waals surface area contributed by atoms with Gasteiger partial charge in [0.05, 0.1) is 6.04 Å². The quantitative estimate of drug-likeness (QED) is 0.879. The fourth-order valence-electron chi connectivity index (χ4n) is 2.48. The molecule has 0 fully saturated rings. The van der Waals surface area contributed by atoms with Gasteiger partial charge in [0.25, 0.3) is 5.91 Å².